The molecular weight excluding hydrogens is 839 g/mol. The van der Waals surface area contributed by atoms with E-state index in [1.807, 2.05) is 41.5 Å². The predicted octanol–water partition coefficient (Wildman–Crippen LogP) is 12.6. The van der Waals surface area contributed by atoms with E-state index in [-0.39, 0.29) is 48.9 Å². The zero-order valence-electron chi connectivity index (χ0n) is 32.1. The van der Waals surface area contributed by atoms with Gasteiger partial charge in [0, 0.05) is 69.9 Å². The topological polar surface area (TPSA) is 76.0 Å². The molecule has 0 unspecified atom stereocenters. The Kier molecular flexibility index (Phi) is 14.1. The Labute approximate surface area is 327 Å². The van der Waals surface area contributed by atoms with Crippen LogP contribution in [0.25, 0.3) is 53.5 Å². The fourth-order valence-electron chi connectivity index (χ4n) is 6.90. The van der Waals surface area contributed by atoms with Gasteiger partial charge in [-0.3, -0.25) is 14.8 Å². The van der Waals surface area contributed by atoms with Crippen LogP contribution in [0.3, 0.4) is 0 Å². The Morgan fingerprint density at radius 3 is 2.15 bits per heavy atom. The summed E-state index contributed by atoms with van der Waals surface area (Å²) >= 11 is 1.78. The number of thiophene rings is 1. The van der Waals surface area contributed by atoms with Crippen molar-refractivity contribution in [1.29, 1.82) is 0 Å². The maximum absolute atomic E-state index is 11.7. The summed E-state index contributed by atoms with van der Waals surface area (Å²) in [5, 5.41) is 13.2. The largest absolute Gasteiger partial charge is 0.512 e. The van der Waals surface area contributed by atoms with Crippen molar-refractivity contribution >= 4 is 48.2 Å². The van der Waals surface area contributed by atoms with Crippen LogP contribution in [0.5, 0.6) is 0 Å². The van der Waals surface area contributed by atoms with Crippen LogP contribution in [-0.4, -0.2) is 25.8 Å². The molecule has 0 aliphatic carbocycles. The molecule has 1 radical (unpaired) electrons. The Morgan fingerprint density at radius 1 is 0.865 bits per heavy atom. The Morgan fingerprint density at radius 2 is 1.52 bits per heavy atom. The van der Waals surface area contributed by atoms with Gasteiger partial charge in [0.15, 0.2) is 5.78 Å². The van der Waals surface area contributed by atoms with E-state index in [4.69, 9.17) is 9.97 Å². The number of fused-ring (bicyclic) bond motifs is 4. The second kappa shape index (κ2) is 17.8. The number of aryl methyl sites for hydroxylation is 2. The van der Waals surface area contributed by atoms with Gasteiger partial charge in [0.1, 0.15) is 6.33 Å². The molecule has 3 aromatic carbocycles. The molecule has 0 aliphatic heterocycles. The van der Waals surface area contributed by atoms with Crippen LogP contribution in [0, 0.1) is 37.2 Å². The molecular formula is C45H52IrN3O2S-. The number of aromatic nitrogens is 3. The van der Waals surface area contributed by atoms with Crippen LogP contribution < -0.4 is 0 Å². The number of nitrogens with zero attached hydrogens (tertiary/aromatic N) is 3. The van der Waals surface area contributed by atoms with Gasteiger partial charge in [-0.25, -0.2) is 4.98 Å². The molecule has 3 heterocycles. The molecule has 7 heteroatoms. The molecule has 52 heavy (non-hydrogen) atoms. The molecule has 0 aliphatic rings. The monoisotopic (exact) mass is 891 g/mol. The van der Waals surface area contributed by atoms with Gasteiger partial charge in [0.2, 0.25) is 0 Å². The summed E-state index contributed by atoms with van der Waals surface area (Å²) in [4.78, 5) is 25.8. The standard InChI is InChI=1S/C32H28N3S.C13H24O2.Ir/c1-19-12-23(13-20(2)35-19)27-16-24(15-22-8-6-7-9-25(22)27)29-31-30(34-18-33-29)26-11-10-21(14-28(26)36-31)17-32(3,4)5;1-5-10(6-2)12(14)9-13(15)11(7-3)8-4;/h6-14,16,18H,17H2,1-5H3;9-11,14H,5-8H2,1-4H3;/q-1;;/b;12-9-;. The third-order valence-electron chi connectivity index (χ3n) is 9.56. The maximum atomic E-state index is 11.7. The van der Waals surface area contributed by atoms with Crippen LogP contribution in [0.15, 0.2) is 78.8 Å². The molecule has 5 nitrogen and oxygen atoms in total. The predicted molar refractivity (Wildman–Crippen MR) is 216 cm³/mol. The number of allylic oxidation sites excluding steroid dienone is 2. The number of hydrogen-bond donors (Lipinski definition) is 1. The van der Waals surface area contributed by atoms with E-state index >= 15 is 0 Å². The van der Waals surface area contributed by atoms with Gasteiger partial charge >= 0.3 is 0 Å². The number of pyridine rings is 1. The smallest absolute Gasteiger partial charge is 0.162 e. The molecule has 275 valence electrons. The summed E-state index contributed by atoms with van der Waals surface area (Å²) in [6, 6.07) is 25.5. The third kappa shape index (κ3) is 9.60. The van der Waals surface area contributed by atoms with Crippen molar-refractivity contribution in [1.82, 2.24) is 15.0 Å². The van der Waals surface area contributed by atoms with Gasteiger partial charge in [-0.15, -0.1) is 34.9 Å². The summed E-state index contributed by atoms with van der Waals surface area (Å²) in [6.45, 7) is 19.0. The van der Waals surface area contributed by atoms with Gasteiger partial charge in [-0.1, -0.05) is 95.3 Å². The average Bonchev–Trinajstić information content (AvgIpc) is 3.46. The number of rotatable bonds is 10. The molecule has 0 atom stereocenters. The van der Waals surface area contributed by atoms with Gasteiger partial charge in [-0.2, -0.15) is 0 Å². The number of aliphatic hydroxyl groups excluding tert-OH is 1. The van der Waals surface area contributed by atoms with Crippen molar-refractivity contribution < 1.29 is 30.0 Å². The minimum Gasteiger partial charge on any atom is -0.512 e. The van der Waals surface area contributed by atoms with Crippen molar-refractivity contribution in [2.24, 2.45) is 17.3 Å². The first-order chi connectivity index (χ1) is 24.3. The second-order valence-corrected chi connectivity index (χ2v) is 15.9. The van der Waals surface area contributed by atoms with Gasteiger partial charge in [-0.05, 0) is 80.7 Å². The molecule has 0 saturated heterocycles. The molecule has 6 aromatic rings. The van der Waals surface area contributed by atoms with E-state index in [1.54, 1.807) is 17.7 Å². The van der Waals surface area contributed by atoms with Crippen molar-refractivity contribution in [2.75, 3.05) is 0 Å². The van der Waals surface area contributed by atoms with E-state index in [0.29, 0.717) is 0 Å². The first-order valence-electron chi connectivity index (χ1n) is 18.4. The summed E-state index contributed by atoms with van der Waals surface area (Å²) < 4.78 is 2.37. The fourth-order valence-corrected chi connectivity index (χ4v) is 8.12. The van der Waals surface area contributed by atoms with E-state index < -0.39 is 0 Å². The van der Waals surface area contributed by atoms with Gasteiger partial charge in [0.05, 0.1) is 11.3 Å². The maximum Gasteiger partial charge on any atom is 0.162 e. The van der Waals surface area contributed by atoms with E-state index in [9.17, 15) is 9.90 Å². The number of aliphatic hydroxyl groups is 1. The first-order valence-corrected chi connectivity index (χ1v) is 19.2. The van der Waals surface area contributed by atoms with Crippen LogP contribution in [0.2, 0.25) is 0 Å². The summed E-state index contributed by atoms with van der Waals surface area (Å²) in [7, 11) is 0. The van der Waals surface area contributed by atoms with Crippen LogP contribution in [0.1, 0.15) is 91.1 Å². The van der Waals surface area contributed by atoms with Gasteiger partial charge in [0.25, 0.3) is 0 Å². The molecule has 0 amide bonds. The number of carbonyl (C=O) groups excluding carboxylic acids is 1. The van der Waals surface area contributed by atoms with E-state index in [0.717, 1.165) is 70.4 Å². The molecule has 1 N–H and O–H groups in total. The van der Waals surface area contributed by atoms with Crippen molar-refractivity contribution in [3.05, 3.63) is 102 Å². The third-order valence-corrected chi connectivity index (χ3v) is 10.7. The van der Waals surface area contributed by atoms with Crippen LogP contribution in [0.4, 0.5) is 0 Å². The molecule has 0 fully saturated rings. The number of benzene rings is 3. The molecule has 6 rings (SSSR count). The number of hydrogen-bond acceptors (Lipinski definition) is 6. The second-order valence-electron chi connectivity index (χ2n) is 14.8. The molecule has 3 aromatic heterocycles. The van der Waals surface area contributed by atoms with Gasteiger partial charge < -0.3 is 5.11 Å². The normalized spacial score (nSPS) is 12.0. The zero-order chi connectivity index (χ0) is 36.9. The number of carbonyl (C=O) groups is 1. The minimum atomic E-state index is 0. The summed E-state index contributed by atoms with van der Waals surface area (Å²) in [5.74, 6) is 0.547. The molecule has 0 spiro atoms. The summed E-state index contributed by atoms with van der Waals surface area (Å²) in [6.07, 6.45) is 7.64. The van der Waals surface area contributed by atoms with E-state index in [1.165, 1.54) is 38.2 Å². The molecule has 0 bridgehead atoms. The van der Waals surface area contributed by atoms with Crippen LogP contribution >= 0.6 is 11.3 Å². The number of ketones is 1. The first kappa shape index (κ1) is 41.0. The summed E-state index contributed by atoms with van der Waals surface area (Å²) in [5.41, 5.74) is 8.92. The van der Waals surface area contributed by atoms with Crippen molar-refractivity contribution in [3.63, 3.8) is 0 Å². The molecule has 0 saturated carbocycles. The minimum absolute atomic E-state index is 0. The van der Waals surface area contributed by atoms with E-state index in [2.05, 4.69) is 92.5 Å². The van der Waals surface area contributed by atoms with Crippen molar-refractivity contribution in [2.45, 2.75) is 94.4 Å². The van der Waals surface area contributed by atoms with Crippen molar-refractivity contribution in [3.8, 4) is 22.4 Å². The Balaban J connectivity index is 0.000000323. The fraction of sp³-hybridized carbons (Fsp3) is 0.378. The Bertz CT molecular complexity index is 2170. The SMILES string of the molecule is CCC(CC)C(=O)/C=C(\O)C(CC)CC.Cc1cc(-c2cc(-c3ncnc4c3sc3cc(CC(C)(C)C)ccc34)[c-]c3ccccc23)cc(C)n1.[Ir]. The average molecular weight is 891 g/mol. The Hall–Kier alpha value is -3.77. The zero-order valence-corrected chi connectivity index (χ0v) is 35.3. The quantitative estimate of drug-likeness (QED) is 0.0842. The van der Waals surface area contributed by atoms with Crippen LogP contribution in [-0.2, 0) is 31.3 Å².